The average molecular weight is 367 g/mol. The average Bonchev–Trinajstić information content (AvgIpc) is 2.66. The molecule has 144 valence electrons. The second-order valence-electron chi connectivity index (χ2n) is 7.53. The number of hydrogen-bond donors (Lipinski definition) is 1. The predicted molar refractivity (Wildman–Crippen MR) is 110 cm³/mol. The Kier molecular flexibility index (Phi) is 7.59. The van der Waals surface area contributed by atoms with Gasteiger partial charge in [-0.25, -0.2) is 0 Å². The first-order valence-electron chi connectivity index (χ1n) is 9.61. The van der Waals surface area contributed by atoms with Gasteiger partial charge >= 0.3 is 0 Å². The van der Waals surface area contributed by atoms with E-state index in [4.69, 9.17) is 0 Å². The molecular weight excluding hydrogens is 336 g/mol. The predicted octanol–water partition coefficient (Wildman–Crippen LogP) is 4.51. The number of carbonyl (C=O) groups excluding carboxylic acids is 2. The maximum atomic E-state index is 13.1. The fraction of sp³-hybridized carbons (Fsp3) is 0.391. The van der Waals surface area contributed by atoms with Gasteiger partial charge in [-0.05, 0) is 49.9 Å². The highest BCUT2D eigenvalue weighted by Crippen LogP contribution is 2.15. The molecule has 2 aromatic carbocycles. The molecule has 0 radical (unpaired) electrons. The molecule has 4 heteroatoms. The molecule has 2 amide bonds. The molecule has 2 rings (SSSR count). The van der Waals surface area contributed by atoms with E-state index in [1.54, 1.807) is 24.3 Å². The van der Waals surface area contributed by atoms with E-state index < -0.39 is 0 Å². The SMILES string of the molecule is CC(C)CCNC(=O)c1cccc(C(=O)N(Cc2ccccc2)C(C)C)c1. The van der Waals surface area contributed by atoms with Crippen LogP contribution < -0.4 is 5.32 Å². The molecule has 2 aromatic rings. The van der Waals surface area contributed by atoms with Gasteiger partial charge in [0.05, 0.1) is 0 Å². The summed E-state index contributed by atoms with van der Waals surface area (Å²) in [6.07, 6.45) is 0.933. The maximum Gasteiger partial charge on any atom is 0.254 e. The Hall–Kier alpha value is -2.62. The van der Waals surface area contributed by atoms with Gasteiger partial charge in [0.25, 0.3) is 11.8 Å². The summed E-state index contributed by atoms with van der Waals surface area (Å²) in [5.41, 5.74) is 2.14. The van der Waals surface area contributed by atoms with E-state index in [-0.39, 0.29) is 17.9 Å². The molecule has 0 aromatic heterocycles. The monoisotopic (exact) mass is 366 g/mol. The van der Waals surface area contributed by atoms with Crippen LogP contribution in [0.4, 0.5) is 0 Å². The summed E-state index contributed by atoms with van der Waals surface area (Å²) >= 11 is 0. The minimum Gasteiger partial charge on any atom is -0.352 e. The van der Waals surface area contributed by atoms with Crippen molar-refractivity contribution in [2.75, 3.05) is 6.54 Å². The van der Waals surface area contributed by atoms with Crippen molar-refractivity contribution >= 4 is 11.8 Å². The number of amides is 2. The van der Waals surface area contributed by atoms with Crippen LogP contribution in [-0.2, 0) is 6.54 Å². The van der Waals surface area contributed by atoms with Crippen molar-refractivity contribution in [1.82, 2.24) is 10.2 Å². The number of carbonyl (C=O) groups is 2. The molecule has 0 saturated carbocycles. The Morgan fingerprint density at radius 1 is 0.926 bits per heavy atom. The second kappa shape index (κ2) is 9.91. The maximum absolute atomic E-state index is 13.1. The van der Waals surface area contributed by atoms with Crippen molar-refractivity contribution in [3.63, 3.8) is 0 Å². The lowest BCUT2D eigenvalue weighted by Crippen LogP contribution is -2.36. The van der Waals surface area contributed by atoms with Gasteiger partial charge in [0.2, 0.25) is 0 Å². The van der Waals surface area contributed by atoms with Crippen molar-refractivity contribution in [1.29, 1.82) is 0 Å². The number of hydrogen-bond acceptors (Lipinski definition) is 2. The summed E-state index contributed by atoms with van der Waals surface area (Å²) in [5.74, 6) is 0.339. The Balaban J connectivity index is 2.13. The largest absolute Gasteiger partial charge is 0.352 e. The molecule has 0 fully saturated rings. The van der Waals surface area contributed by atoms with Gasteiger partial charge in [-0.1, -0.05) is 50.2 Å². The highest BCUT2D eigenvalue weighted by atomic mass is 16.2. The molecular formula is C23H30N2O2. The summed E-state index contributed by atoms with van der Waals surface area (Å²) in [7, 11) is 0. The number of rotatable bonds is 8. The number of nitrogens with one attached hydrogen (secondary N) is 1. The topological polar surface area (TPSA) is 49.4 Å². The van der Waals surface area contributed by atoms with Gasteiger partial charge in [0.15, 0.2) is 0 Å². The third kappa shape index (κ3) is 6.24. The van der Waals surface area contributed by atoms with Crippen molar-refractivity contribution < 1.29 is 9.59 Å². The summed E-state index contributed by atoms with van der Waals surface area (Å²) in [5, 5.41) is 2.92. The van der Waals surface area contributed by atoms with Gasteiger partial charge in [-0.2, -0.15) is 0 Å². The van der Waals surface area contributed by atoms with Crippen LogP contribution in [0, 0.1) is 5.92 Å². The van der Waals surface area contributed by atoms with Crippen LogP contribution in [-0.4, -0.2) is 29.3 Å². The molecule has 27 heavy (non-hydrogen) atoms. The van der Waals surface area contributed by atoms with Gasteiger partial charge in [0.1, 0.15) is 0 Å². The van der Waals surface area contributed by atoms with Crippen LogP contribution in [0.3, 0.4) is 0 Å². The first kappa shape index (κ1) is 20.7. The molecule has 0 aliphatic carbocycles. The summed E-state index contributed by atoms with van der Waals surface area (Å²) in [4.78, 5) is 27.2. The molecule has 1 N–H and O–H groups in total. The molecule has 0 unspecified atom stereocenters. The van der Waals surface area contributed by atoms with E-state index in [2.05, 4.69) is 19.2 Å². The normalized spacial score (nSPS) is 10.9. The second-order valence-corrected chi connectivity index (χ2v) is 7.53. The van der Waals surface area contributed by atoms with Crippen molar-refractivity contribution in [2.24, 2.45) is 5.92 Å². The lowest BCUT2D eigenvalue weighted by molar-refractivity contribution is 0.0690. The Labute approximate surface area is 162 Å². The molecule has 0 bridgehead atoms. The quantitative estimate of drug-likeness (QED) is 0.747. The summed E-state index contributed by atoms with van der Waals surface area (Å²) < 4.78 is 0. The first-order chi connectivity index (χ1) is 12.9. The molecule has 0 aliphatic heterocycles. The summed E-state index contributed by atoms with van der Waals surface area (Å²) in [6, 6.07) is 17.0. The van der Waals surface area contributed by atoms with E-state index in [0.29, 0.717) is 30.1 Å². The van der Waals surface area contributed by atoms with Crippen molar-refractivity contribution in [3.05, 3.63) is 71.3 Å². The standard InChI is InChI=1S/C23H30N2O2/c1-17(2)13-14-24-22(26)20-11-8-12-21(15-20)23(27)25(18(3)4)16-19-9-6-5-7-10-19/h5-12,15,17-18H,13-14,16H2,1-4H3,(H,24,26). The molecule has 0 spiro atoms. The third-order valence-corrected chi connectivity index (χ3v) is 4.46. The van der Waals surface area contributed by atoms with E-state index in [0.717, 1.165) is 12.0 Å². The van der Waals surface area contributed by atoms with E-state index >= 15 is 0 Å². The van der Waals surface area contributed by atoms with Crippen LogP contribution in [0.15, 0.2) is 54.6 Å². The zero-order valence-corrected chi connectivity index (χ0v) is 16.7. The minimum absolute atomic E-state index is 0.0567. The van der Waals surface area contributed by atoms with Crippen molar-refractivity contribution in [3.8, 4) is 0 Å². The minimum atomic E-state index is -0.135. The molecule has 0 heterocycles. The number of benzene rings is 2. The van der Waals surface area contributed by atoms with Crippen LogP contribution >= 0.6 is 0 Å². The van der Waals surface area contributed by atoms with Crippen molar-refractivity contribution in [2.45, 2.75) is 46.7 Å². The first-order valence-corrected chi connectivity index (χ1v) is 9.61. The third-order valence-electron chi connectivity index (χ3n) is 4.46. The van der Waals surface area contributed by atoms with Crippen LogP contribution in [0.1, 0.15) is 60.4 Å². The Morgan fingerprint density at radius 2 is 1.59 bits per heavy atom. The lowest BCUT2D eigenvalue weighted by Gasteiger charge is -2.27. The fourth-order valence-corrected chi connectivity index (χ4v) is 2.80. The summed E-state index contributed by atoms with van der Waals surface area (Å²) in [6.45, 7) is 9.44. The van der Waals surface area contributed by atoms with Gasteiger partial charge in [-0.3, -0.25) is 9.59 Å². The molecule has 0 atom stereocenters. The van der Waals surface area contributed by atoms with Crippen LogP contribution in [0.5, 0.6) is 0 Å². The van der Waals surface area contributed by atoms with E-state index in [9.17, 15) is 9.59 Å². The highest BCUT2D eigenvalue weighted by molar-refractivity contribution is 5.99. The van der Waals surface area contributed by atoms with Crippen LogP contribution in [0.25, 0.3) is 0 Å². The Morgan fingerprint density at radius 3 is 2.22 bits per heavy atom. The smallest absolute Gasteiger partial charge is 0.254 e. The van der Waals surface area contributed by atoms with Gasteiger partial charge in [0, 0.05) is 30.3 Å². The molecule has 4 nitrogen and oxygen atoms in total. The Bertz CT molecular complexity index is 754. The van der Waals surface area contributed by atoms with Gasteiger partial charge in [-0.15, -0.1) is 0 Å². The lowest BCUT2D eigenvalue weighted by atomic mass is 10.1. The highest BCUT2D eigenvalue weighted by Gasteiger charge is 2.20. The van der Waals surface area contributed by atoms with Gasteiger partial charge < -0.3 is 10.2 Å². The molecule has 0 aliphatic rings. The number of nitrogens with zero attached hydrogens (tertiary/aromatic N) is 1. The molecule has 0 saturated heterocycles. The van der Waals surface area contributed by atoms with Crippen LogP contribution in [0.2, 0.25) is 0 Å². The zero-order valence-electron chi connectivity index (χ0n) is 16.7. The zero-order chi connectivity index (χ0) is 19.8. The van der Waals surface area contributed by atoms with E-state index in [1.165, 1.54) is 0 Å². The fourth-order valence-electron chi connectivity index (χ4n) is 2.80. The van der Waals surface area contributed by atoms with E-state index in [1.807, 2.05) is 49.1 Å².